The molecule has 0 aliphatic heterocycles. The molecule has 0 saturated carbocycles. The van der Waals surface area contributed by atoms with Gasteiger partial charge in [0.2, 0.25) is 10.0 Å². The molecule has 1 N–H and O–H groups in total. The number of sulfonamides is 1. The van der Waals surface area contributed by atoms with Gasteiger partial charge in [0.1, 0.15) is 11.6 Å². The summed E-state index contributed by atoms with van der Waals surface area (Å²) < 4.78 is 50.7. The second kappa shape index (κ2) is 8.19. The monoisotopic (exact) mass is 391 g/mol. The fourth-order valence-corrected chi connectivity index (χ4v) is 4.14. The van der Waals surface area contributed by atoms with E-state index in [9.17, 15) is 22.0 Å². The van der Waals surface area contributed by atoms with E-state index in [-0.39, 0.29) is 23.0 Å². The lowest BCUT2D eigenvalue weighted by atomic mass is 10.3. The smallest absolute Gasteiger partial charge is 0.208 e. The Bertz CT molecular complexity index is 834. The largest absolute Gasteiger partial charge is 0.292 e. The van der Waals surface area contributed by atoms with Crippen molar-refractivity contribution in [2.45, 2.75) is 11.3 Å². The van der Waals surface area contributed by atoms with Crippen LogP contribution in [0.2, 0.25) is 0 Å². The van der Waals surface area contributed by atoms with Crippen LogP contribution in [0, 0.1) is 11.6 Å². The van der Waals surface area contributed by atoms with Crippen LogP contribution in [0.15, 0.2) is 35.2 Å². The van der Waals surface area contributed by atoms with Gasteiger partial charge < -0.3 is 0 Å². The molecule has 2 aromatic rings. The molecule has 4 nitrogen and oxygen atoms in total. The zero-order chi connectivity index (χ0) is 17.7. The van der Waals surface area contributed by atoms with Crippen LogP contribution in [0.3, 0.4) is 0 Å². The summed E-state index contributed by atoms with van der Waals surface area (Å²) >= 11 is 2.29. The minimum absolute atomic E-state index is 0.0457. The van der Waals surface area contributed by atoms with Crippen molar-refractivity contribution in [1.29, 1.82) is 0 Å². The van der Waals surface area contributed by atoms with Crippen LogP contribution in [-0.4, -0.2) is 32.8 Å². The number of carbonyl (C=O) groups is 1. The first-order chi connectivity index (χ1) is 11.2. The molecule has 0 amide bonds. The number of benzene rings is 1. The second-order valence-electron chi connectivity index (χ2n) is 4.97. The maximum Gasteiger partial charge on any atom is 0.208 e. The molecule has 0 radical (unpaired) electrons. The molecular formula is C15H15F2NO3S3. The zero-order valence-corrected chi connectivity index (χ0v) is 15.2. The van der Waals surface area contributed by atoms with E-state index in [1.807, 2.05) is 0 Å². The summed E-state index contributed by atoms with van der Waals surface area (Å²) in [5, 5.41) is 0. The Morgan fingerprint density at radius 1 is 1.25 bits per heavy atom. The molecule has 0 bridgehead atoms. The van der Waals surface area contributed by atoms with Crippen molar-refractivity contribution < 1.29 is 22.0 Å². The molecule has 0 aliphatic carbocycles. The number of Topliss-reactive ketones (excluding diaryl/α,β-unsaturated/α-hetero) is 1. The quantitative estimate of drug-likeness (QED) is 0.555. The average Bonchev–Trinajstić information content (AvgIpc) is 2.93. The van der Waals surface area contributed by atoms with Gasteiger partial charge in [-0.1, -0.05) is 0 Å². The molecular weight excluding hydrogens is 376 g/mol. The highest BCUT2D eigenvalue weighted by atomic mass is 32.2. The minimum Gasteiger partial charge on any atom is -0.292 e. The highest BCUT2D eigenvalue weighted by molar-refractivity contribution is 8.00. The Kier molecular flexibility index (Phi) is 6.50. The van der Waals surface area contributed by atoms with E-state index < -0.39 is 21.7 Å². The molecule has 2 rings (SSSR count). The van der Waals surface area contributed by atoms with Gasteiger partial charge >= 0.3 is 0 Å². The predicted molar refractivity (Wildman–Crippen MR) is 92.3 cm³/mol. The molecule has 0 unspecified atom stereocenters. The van der Waals surface area contributed by atoms with Gasteiger partial charge in [-0.25, -0.2) is 21.9 Å². The van der Waals surface area contributed by atoms with E-state index in [0.717, 1.165) is 35.0 Å². The molecule has 0 saturated heterocycles. The van der Waals surface area contributed by atoms with Crippen molar-refractivity contribution in [3.05, 3.63) is 51.7 Å². The lowest BCUT2D eigenvalue weighted by Crippen LogP contribution is -2.23. The molecule has 24 heavy (non-hydrogen) atoms. The molecule has 0 atom stereocenters. The van der Waals surface area contributed by atoms with Gasteiger partial charge in [-0.15, -0.1) is 23.1 Å². The van der Waals surface area contributed by atoms with Crippen LogP contribution < -0.4 is 4.72 Å². The lowest BCUT2D eigenvalue weighted by molar-refractivity contribution is 0.102. The maximum absolute atomic E-state index is 13.5. The summed E-state index contributed by atoms with van der Waals surface area (Å²) in [6.07, 6.45) is 1.58. The van der Waals surface area contributed by atoms with E-state index in [0.29, 0.717) is 11.3 Å². The fraction of sp³-hybridized carbons (Fsp3) is 0.267. The summed E-state index contributed by atoms with van der Waals surface area (Å²) in [5.74, 6) is -1.46. The third-order valence-electron chi connectivity index (χ3n) is 2.92. The minimum atomic E-state index is -3.23. The highest BCUT2D eigenvalue weighted by Gasteiger charge is 2.12. The highest BCUT2D eigenvalue weighted by Crippen LogP contribution is 2.25. The number of halogens is 2. The number of thioether (sulfide) groups is 1. The Morgan fingerprint density at radius 3 is 2.67 bits per heavy atom. The van der Waals surface area contributed by atoms with Crippen molar-refractivity contribution in [1.82, 2.24) is 4.72 Å². The normalized spacial score (nSPS) is 11.6. The van der Waals surface area contributed by atoms with Gasteiger partial charge in [0.05, 0.1) is 16.9 Å². The topological polar surface area (TPSA) is 63.2 Å². The van der Waals surface area contributed by atoms with Crippen molar-refractivity contribution in [2.24, 2.45) is 0 Å². The summed E-state index contributed by atoms with van der Waals surface area (Å²) in [4.78, 5) is 13.8. The molecule has 130 valence electrons. The summed E-state index contributed by atoms with van der Waals surface area (Å²) in [7, 11) is -3.23. The lowest BCUT2D eigenvalue weighted by Gasteiger charge is -2.02. The van der Waals surface area contributed by atoms with Crippen LogP contribution in [0.5, 0.6) is 0 Å². The predicted octanol–water partition coefficient (Wildman–Crippen LogP) is 3.09. The van der Waals surface area contributed by atoms with E-state index in [1.54, 1.807) is 12.1 Å². The third-order valence-corrected chi connectivity index (χ3v) is 5.89. The zero-order valence-electron chi connectivity index (χ0n) is 12.7. The molecule has 0 spiro atoms. The average molecular weight is 391 g/mol. The van der Waals surface area contributed by atoms with Crippen molar-refractivity contribution in [3.63, 3.8) is 0 Å². The standard InChI is InChI=1S/C15H15F2NO3S3/c1-24(20,21)18-7-6-11-3-5-15(23-11)13(19)9-22-14-4-2-10(16)8-12(14)17/h2-5,8,18H,6-7,9H2,1H3. The van der Waals surface area contributed by atoms with Crippen LogP contribution in [0.4, 0.5) is 8.78 Å². The maximum atomic E-state index is 13.5. The van der Waals surface area contributed by atoms with Crippen molar-refractivity contribution in [2.75, 3.05) is 18.6 Å². The van der Waals surface area contributed by atoms with Gasteiger partial charge in [-0.2, -0.15) is 0 Å². The van der Waals surface area contributed by atoms with Gasteiger partial charge in [-0.05, 0) is 30.7 Å². The first-order valence-corrected chi connectivity index (χ1v) is 10.6. The third kappa shape index (κ3) is 5.97. The molecule has 9 heteroatoms. The van der Waals surface area contributed by atoms with Crippen LogP contribution in [0.25, 0.3) is 0 Å². The number of thiophene rings is 1. The van der Waals surface area contributed by atoms with Gasteiger partial charge in [0.25, 0.3) is 0 Å². The summed E-state index contributed by atoms with van der Waals surface area (Å²) in [6.45, 7) is 0.266. The molecule has 1 aromatic carbocycles. The van der Waals surface area contributed by atoms with Crippen molar-refractivity contribution in [3.8, 4) is 0 Å². The SMILES string of the molecule is CS(=O)(=O)NCCc1ccc(C(=O)CSc2ccc(F)cc2F)s1. The Hall–Kier alpha value is -1.29. The van der Waals surface area contributed by atoms with Gasteiger partial charge in [-0.3, -0.25) is 4.79 Å². The molecule has 0 aliphatic rings. The first-order valence-electron chi connectivity index (χ1n) is 6.89. The Morgan fingerprint density at radius 2 is 2.00 bits per heavy atom. The van der Waals surface area contributed by atoms with E-state index in [2.05, 4.69) is 4.72 Å². The molecule has 1 aromatic heterocycles. The number of ketones is 1. The van der Waals surface area contributed by atoms with Gasteiger partial charge in [0, 0.05) is 22.4 Å². The van der Waals surface area contributed by atoms with Gasteiger partial charge in [0.15, 0.2) is 5.78 Å². The van der Waals surface area contributed by atoms with E-state index >= 15 is 0 Å². The van der Waals surface area contributed by atoms with Crippen LogP contribution in [-0.2, 0) is 16.4 Å². The van der Waals surface area contributed by atoms with E-state index in [1.165, 1.54) is 17.4 Å². The summed E-state index contributed by atoms with van der Waals surface area (Å²) in [5.41, 5.74) is 0. The fourth-order valence-electron chi connectivity index (χ4n) is 1.83. The number of hydrogen-bond acceptors (Lipinski definition) is 5. The second-order valence-corrected chi connectivity index (χ2v) is 8.99. The number of hydrogen-bond donors (Lipinski definition) is 1. The first kappa shape index (κ1) is 19.0. The Labute approximate surface area is 147 Å². The number of nitrogens with one attached hydrogen (secondary N) is 1. The molecule has 1 heterocycles. The number of carbonyl (C=O) groups excluding carboxylic acids is 1. The van der Waals surface area contributed by atoms with Crippen LogP contribution >= 0.6 is 23.1 Å². The Balaban J connectivity index is 1.89. The number of rotatable bonds is 8. The van der Waals surface area contributed by atoms with Crippen molar-refractivity contribution >= 4 is 38.9 Å². The summed E-state index contributed by atoms with van der Waals surface area (Å²) in [6, 6.07) is 6.67. The molecule has 0 fully saturated rings. The van der Waals surface area contributed by atoms with E-state index in [4.69, 9.17) is 0 Å². The van der Waals surface area contributed by atoms with Crippen LogP contribution in [0.1, 0.15) is 14.5 Å².